The molecule has 2 aromatic heterocycles. The summed E-state index contributed by atoms with van der Waals surface area (Å²) in [5.41, 5.74) is 8.16. The van der Waals surface area contributed by atoms with Gasteiger partial charge in [-0.25, -0.2) is 4.57 Å². The van der Waals surface area contributed by atoms with Gasteiger partial charge in [0.25, 0.3) is 0 Å². The van der Waals surface area contributed by atoms with E-state index >= 15 is 0 Å². The Morgan fingerprint density at radius 2 is 1.43 bits per heavy atom. The molecule has 0 saturated carbocycles. The molecule has 0 N–H and O–H groups in total. The molecule has 35 heavy (non-hydrogen) atoms. The minimum atomic E-state index is -1.78. The van der Waals surface area contributed by atoms with Crippen LogP contribution >= 0.6 is 0 Å². The molecule has 6 rings (SSSR count). The summed E-state index contributed by atoms with van der Waals surface area (Å²) in [6.45, 7) is 9.43. The molecule has 0 aliphatic heterocycles. The van der Waals surface area contributed by atoms with Crippen molar-refractivity contribution >= 4 is 46.0 Å². The van der Waals surface area contributed by atoms with Crippen LogP contribution in [0.2, 0.25) is 19.6 Å². The van der Waals surface area contributed by atoms with Gasteiger partial charge in [0, 0.05) is 22.9 Å². The van der Waals surface area contributed by atoms with Crippen LogP contribution in [0.15, 0.2) is 95.5 Å². The molecule has 0 amide bonds. The number of furan rings is 1. The Balaban J connectivity index is 1.70. The highest BCUT2D eigenvalue weighted by atomic mass is 28.3. The fourth-order valence-corrected chi connectivity index (χ4v) is 7.35. The van der Waals surface area contributed by atoms with E-state index in [1.807, 2.05) is 0 Å². The molecule has 4 aromatic carbocycles. The lowest BCUT2D eigenvalue weighted by molar-refractivity contribution is -0.660. The summed E-state index contributed by atoms with van der Waals surface area (Å²) < 4.78 is 9.08. The molecule has 3 heteroatoms. The van der Waals surface area contributed by atoms with Gasteiger partial charge in [0.15, 0.2) is 6.20 Å². The van der Waals surface area contributed by atoms with Crippen LogP contribution < -0.4 is 9.75 Å². The number of fused-ring (bicyclic) bond motifs is 4. The number of hydrogen-bond donors (Lipinski definition) is 0. The lowest BCUT2D eigenvalue weighted by atomic mass is 9.98. The summed E-state index contributed by atoms with van der Waals surface area (Å²) in [6.07, 6.45) is 2.10. The molecule has 0 unspecified atom stereocenters. The standard InChI is InChI=1S/C32H30NOSi/c1-21-13-16-26-27-18-17-25(24-15-14-22-10-6-7-11-23(22)20-24)32(35(3,4)5)31(27)34-30(26)29(21)28-12-8-9-19-33(28)2/h6-20H,1-5H3/q+1. The van der Waals surface area contributed by atoms with Crippen LogP contribution in [0, 0.1) is 6.92 Å². The van der Waals surface area contributed by atoms with Crippen LogP contribution in [-0.4, -0.2) is 8.07 Å². The largest absolute Gasteiger partial charge is 0.455 e. The molecule has 0 saturated heterocycles. The molecule has 0 spiro atoms. The van der Waals surface area contributed by atoms with Gasteiger partial charge in [-0.15, -0.1) is 0 Å². The molecule has 0 aliphatic carbocycles. The van der Waals surface area contributed by atoms with Gasteiger partial charge in [-0.3, -0.25) is 0 Å². The first kappa shape index (κ1) is 21.8. The van der Waals surface area contributed by atoms with E-state index in [2.05, 4.69) is 129 Å². The summed E-state index contributed by atoms with van der Waals surface area (Å²) in [6, 6.07) is 30.8. The lowest BCUT2D eigenvalue weighted by Crippen LogP contribution is -2.39. The van der Waals surface area contributed by atoms with E-state index in [1.165, 1.54) is 54.7 Å². The molecule has 172 valence electrons. The number of hydrogen-bond acceptors (Lipinski definition) is 1. The van der Waals surface area contributed by atoms with Crippen LogP contribution in [0.4, 0.5) is 0 Å². The summed E-state index contributed by atoms with van der Waals surface area (Å²) in [4.78, 5) is 0. The van der Waals surface area contributed by atoms with Crippen LogP contribution in [0.3, 0.4) is 0 Å². The predicted octanol–water partition coefficient (Wildman–Crippen LogP) is 7.75. The zero-order valence-corrected chi connectivity index (χ0v) is 22.0. The number of pyridine rings is 1. The Bertz CT molecular complexity index is 1750. The average Bonchev–Trinajstić information content (AvgIpc) is 3.21. The minimum Gasteiger partial charge on any atom is -0.455 e. The maximum absolute atomic E-state index is 6.90. The normalized spacial score (nSPS) is 12.1. The minimum absolute atomic E-state index is 0.983. The maximum atomic E-state index is 6.90. The highest BCUT2D eigenvalue weighted by molar-refractivity contribution is 6.91. The zero-order chi connectivity index (χ0) is 24.3. The Morgan fingerprint density at radius 3 is 2.20 bits per heavy atom. The molecule has 2 heterocycles. The van der Waals surface area contributed by atoms with Crippen LogP contribution in [0.25, 0.3) is 55.1 Å². The van der Waals surface area contributed by atoms with Gasteiger partial charge >= 0.3 is 0 Å². The lowest BCUT2D eigenvalue weighted by Gasteiger charge is -2.22. The van der Waals surface area contributed by atoms with Crippen molar-refractivity contribution in [2.75, 3.05) is 0 Å². The second kappa shape index (κ2) is 7.93. The van der Waals surface area contributed by atoms with Crippen molar-refractivity contribution in [3.05, 3.63) is 96.7 Å². The zero-order valence-electron chi connectivity index (χ0n) is 21.0. The Hall–Kier alpha value is -3.69. The van der Waals surface area contributed by atoms with Crippen molar-refractivity contribution in [2.45, 2.75) is 26.6 Å². The second-order valence-corrected chi connectivity index (χ2v) is 15.6. The first-order valence-electron chi connectivity index (χ1n) is 12.3. The van der Waals surface area contributed by atoms with Crippen molar-refractivity contribution < 1.29 is 8.98 Å². The second-order valence-electron chi connectivity index (χ2n) is 10.6. The maximum Gasteiger partial charge on any atom is 0.216 e. The monoisotopic (exact) mass is 472 g/mol. The molecule has 0 bridgehead atoms. The molecule has 0 radical (unpaired) electrons. The SMILES string of the molecule is Cc1ccc2c(oc3c([Si](C)(C)C)c(-c4ccc5ccccc5c4)ccc32)c1-c1cccc[n+]1C. The third-order valence-electron chi connectivity index (χ3n) is 7.14. The van der Waals surface area contributed by atoms with Gasteiger partial charge in [-0.1, -0.05) is 74.2 Å². The van der Waals surface area contributed by atoms with Crippen LogP contribution in [0.5, 0.6) is 0 Å². The summed E-state index contributed by atoms with van der Waals surface area (Å²) in [5.74, 6) is 0. The summed E-state index contributed by atoms with van der Waals surface area (Å²) in [5, 5.41) is 6.33. The van der Waals surface area contributed by atoms with Gasteiger partial charge in [0.05, 0.1) is 13.6 Å². The third-order valence-corrected chi connectivity index (χ3v) is 9.14. The topological polar surface area (TPSA) is 17.0 Å². The van der Waals surface area contributed by atoms with E-state index < -0.39 is 8.07 Å². The molecular formula is C32H30NOSi+. The van der Waals surface area contributed by atoms with E-state index in [4.69, 9.17) is 4.42 Å². The number of aromatic nitrogens is 1. The first-order valence-corrected chi connectivity index (χ1v) is 15.8. The molecular weight excluding hydrogens is 442 g/mol. The quantitative estimate of drug-likeness (QED) is 0.190. The number of benzene rings is 4. The van der Waals surface area contributed by atoms with Crippen molar-refractivity contribution in [2.24, 2.45) is 7.05 Å². The Morgan fingerprint density at radius 1 is 0.714 bits per heavy atom. The van der Waals surface area contributed by atoms with E-state index in [9.17, 15) is 0 Å². The van der Waals surface area contributed by atoms with Crippen LogP contribution in [0.1, 0.15) is 5.56 Å². The summed E-state index contributed by atoms with van der Waals surface area (Å²) in [7, 11) is 0.323. The van der Waals surface area contributed by atoms with E-state index in [1.54, 1.807) is 0 Å². The van der Waals surface area contributed by atoms with Crippen molar-refractivity contribution in [3.63, 3.8) is 0 Å². The van der Waals surface area contributed by atoms with Crippen LogP contribution in [-0.2, 0) is 7.05 Å². The average molecular weight is 473 g/mol. The van der Waals surface area contributed by atoms with Gasteiger partial charge < -0.3 is 4.42 Å². The van der Waals surface area contributed by atoms with Crippen molar-refractivity contribution in [1.29, 1.82) is 0 Å². The highest BCUT2D eigenvalue weighted by Gasteiger charge is 2.28. The highest BCUT2D eigenvalue weighted by Crippen LogP contribution is 2.38. The number of aryl methyl sites for hydroxylation is 2. The molecule has 2 nitrogen and oxygen atoms in total. The smallest absolute Gasteiger partial charge is 0.216 e. The number of nitrogens with zero attached hydrogens (tertiary/aromatic N) is 1. The van der Waals surface area contributed by atoms with E-state index in [-0.39, 0.29) is 0 Å². The first-order chi connectivity index (χ1) is 16.8. The fourth-order valence-electron chi connectivity index (χ4n) is 5.45. The van der Waals surface area contributed by atoms with Gasteiger partial charge in [-0.05, 0) is 57.8 Å². The van der Waals surface area contributed by atoms with E-state index in [0.717, 1.165) is 11.2 Å². The third kappa shape index (κ3) is 3.50. The molecule has 0 fully saturated rings. The Labute approximate surface area is 207 Å². The molecule has 6 aromatic rings. The number of rotatable bonds is 3. The molecule has 0 atom stereocenters. The summed E-state index contributed by atoms with van der Waals surface area (Å²) >= 11 is 0. The van der Waals surface area contributed by atoms with E-state index in [0.29, 0.717) is 0 Å². The molecule has 0 aliphatic rings. The fraction of sp³-hybridized carbons (Fsp3) is 0.156. The van der Waals surface area contributed by atoms with Gasteiger partial charge in [0.1, 0.15) is 18.2 Å². The van der Waals surface area contributed by atoms with Crippen molar-refractivity contribution in [1.82, 2.24) is 0 Å². The Kier molecular flexibility index (Phi) is 4.94. The van der Waals surface area contributed by atoms with Crippen molar-refractivity contribution in [3.8, 4) is 22.4 Å². The predicted molar refractivity (Wildman–Crippen MR) is 151 cm³/mol. The van der Waals surface area contributed by atoms with Gasteiger partial charge in [0.2, 0.25) is 5.69 Å². The van der Waals surface area contributed by atoms with Gasteiger partial charge in [-0.2, -0.15) is 0 Å².